The molecule has 1 saturated heterocycles. The standard InChI is InChI=1S/C16H21N5/c1-13-10-15(18-12-14-6-5-7-17-11-14)20-16(19-13)21-8-3-2-4-9-21/h5-7,10-11H,2-4,8-9,12H2,1H3,(H,18,19,20). The number of hydrogen-bond acceptors (Lipinski definition) is 5. The van der Waals surface area contributed by atoms with Gasteiger partial charge in [0.15, 0.2) is 0 Å². The molecule has 0 spiro atoms. The van der Waals surface area contributed by atoms with Crippen LogP contribution in [0.15, 0.2) is 30.6 Å². The monoisotopic (exact) mass is 283 g/mol. The molecule has 0 unspecified atom stereocenters. The summed E-state index contributed by atoms with van der Waals surface area (Å²) in [7, 11) is 0. The van der Waals surface area contributed by atoms with Gasteiger partial charge in [-0.25, -0.2) is 4.98 Å². The van der Waals surface area contributed by atoms with Crippen LogP contribution in [0.2, 0.25) is 0 Å². The second-order valence-electron chi connectivity index (χ2n) is 5.46. The smallest absolute Gasteiger partial charge is 0.227 e. The Labute approximate surface area is 125 Å². The van der Waals surface area contributed by atoms with E-state index in [9.17, 15) is 0 Å². The van der Waals surface area contributed by atoms with E-state index >= 15 is 0 Å². The summed E-state index contributed by atoms with van der Waals surface area (Å²) in [5, 5.41) is 3.36. The fourth-order valence-electron chi connectivity index (χ4n) is 2.57. The van der Waals surface area contributed by atoms with E-state index in [2.05, 4.69) is 31.2 Å². The summed E-state index contributed by atoms with van der Waals surface area (Å²) in [6.07, 6.45) is 7.43. The minimum atomic E-state index is 0.726. The number of aryl methyl sites for hydroxylation is 1. The highest BCUT2D eigenvalue weighted by Crippen LogP contribution is 2.18. The first kappa shape index (κ1) is 13.8. The van der Waals surface area contributed by atoms with Crippen molar-refractivity contribution < 1.29 is 0 Å². The van der Waals surface area contributed by atoms with Crippen molar-refractivity contribution in [2.45, 2.75) is 32.7 Å². The normalized spacial score (nSPS) is 15.0. The van der Waals surface area contributed by atoms with E-state index in [1.54, 1.807) is 6.20 Å². The van der Waals surface area contributed by atoms with Crippen LogP contribution in [0.3, 0.4) is 0 Å². The lowest BCUT2D eigenvalue weighted by molar-refractivity contribution is 0.568. The molecule has 1 aliphatic heterocycles. The Balaban J connectivity index is 1.71. The second-order valence-corrected chi connectivity index (χ2v) is 5.46. The summed E-state index contributed by atoms with van der Waals surface area (Å²) >= 11 is 0. The molecule has 3 rings (SSSR count). The summed E-state index contributed by atoms with van der Waals surface area (Å²) in [4.78, 5) is 15.6. The minimum Gasteiger partial charge on any atom is -0.366 e. The Hall–Kier alpha value is -2.17. The van der Waals surface area contributed by atoms with E-state index in [0.29, 0.717) is 0 Å². The first-order valence-electron chi connectivity index (χ1n) is 7.55. The van der Waals surface area contributed by atoms with Crippen LogP contribution < -0.4 is 10.2 Å². The van der Waals surface area contributed by atoms with Crippen molar-refractivity contribution in [3.05, 3.63) is 41.9 Å². The van der Waals surface area contributed by atoms with Gasteiger partial charge in [-0.05, 0) is 37.8 Å². The molecule has 5 heteroatoms. The number of nitrogens with one attached hydrogen (secondary N) is 1. The van der Waals surface area contributed by atoms with Crippen LogP contribution in [-0.2, 0) is 6.54 Å². The van der Waals surface area contributed by atoms with Crippen molar-refractivity contribution in [3.63, 3.8) is 0 Å². The van der Waals surface area contributed by atoms with Crippen molar-refractivity contribution in [1.29, 1.82) is 0 Å². The second kappa shape index (κ2) is 6.52. The molecule has 21 heavy (non-hydrogen) atoms. The fourth-order valence-corrected chi connectivity index (χ4v) is 2.57. The van der Waals surface area contributed by atoms with Gasteiger partial charge in [-0.15, -0.1) is 0 Å². The van der Waals surface area contributed by atoms with E-state index in [4.69, 9.17) is 0 Å². The van der Waals surface area contributed by atoms with E-state index in [1.807, 2.05) is 25.3 Å². The minimum absolute atomic E-state index is 0.726. The fraction of sp³-hybridized carbons (Fsp3) is 0.438. The van der Waals surface area contributed by atoms with Gasteiger partial charge in [-0.3, -0.25) is 4.98 Å². The Kier molecular flexibility index (Phi) is 4.28. The van der Waals surface area contributed by atoms with Crippen LogP contribution in [0.25, 0.3) is 0 Å². The number of aromatic nitrogens is 3. The van der Waals surface area contributed by atoms with Crippen LogP contribution in [0.1, 0.15) is 30.5 Å². The molecule has 1 aliphatic rings. The first-order chi connectivity index (χ1) is 10.3. The lowest BCUT2D eigenvalue weighted by Crippen LogP contribution is -2.31. The third kappa shape index (κ3) is 3.68. The van der Waals surface area contributed by atoms with Gasteiger partial charge in [0.05, 0.1) is 0 Å². The molecular formula is C16H21N5. The zero-order valence-electron chi connectivity index (χ0n) is 12.4. The molecule has 2 aromatic heterocycles. The predicted molar refractivity (Wildman–Crippen MR) is 84.4 cm³/mol. The van der Waals surface area contributed by atoms with Crippen molar-refractivity contribution in [2.75, 3.05) is 23.3 Å². The van der Waals surface area contributed by atoms with E-state index < -0.39 is 0 Å². The number of rotatable bonds is 4. The molecule has 0 aromatic carbocycles. The molecule has 110 valence electrons. The van der Waals surface area contributed by atoms with E-state index in [1.165, 1.54) is 19.3 Å². The number of pyridine rings is 1. The highest BCUT2D eigenvalue weighted by atomic mass is 15.3. The number of nitrogens with zero attached hydrogens (tertiary/aromatic N) is 4. The molecule has 0 radical (unpaired) electrons. The summed E-state index contributed by atoms with van der Waals surface area (Å²) < 4.78 is 0. The number of piperidine rings is 1. The van der Waals surface area contributed by atoms with Gasteiger partial charge in [0.2, 0.25) is 5.95 Å². The molecule has 0 saturated carbocycles. The first-order valence-corrected chi connectivity index (χ1v) is 7.55. The van der Waals surface area contributed by atoms with Gasteiger partial charge in [0.25, 0.3) is 0 Å². The van der Waals surface area contributed by atoms with E-state index in [0.717, 1.165) is 42.7 Å². The number of anilines is 2. The molecule has 0 bridgehead atoms. The number of hydrogen-bond donors (Lipinski definition) is 1. The van der Waals surface area contributed by atoms with Crippen molar-refractivity contribution in [3.8, 4) is 0 Å². The average molecular weight is 283 g/mol. The Morgan fingerprint density at radius 2 is 2.05 bits per heavy atom. The van der Waals surface area contributed by atoms with Gasteiger partial charge in [-0.1, -0.05) is 6.07 Å². The van der Waals surface area contributed by atoms with Gasteiger partial charge in [-0.2, -0.15) is 4.98 Å². The Morgan fingerprint density at radius 3 is 2.81 bits per heavy atom. The van der Waals surface area contributed by atoms with Gasteiger partial charge in [0.1, 0.15) is 5.82 Å². The largest absolute Gasteiger partial charge is 0.366 e. The maximum Gasteiger partial charge on any atom is 0.227 e. The average Bonchev–Trinajstić information content (AvgIpc) is 2.54. The highest BCUT2D eigenvalue weighted by Gasteiger charge is 2.14. The molecular weight excluding hydrogens is 262 g/mol. The summed E-state index contributed by atoms with van der Waals surface area (Å²) in [5.41, 5.74) is 2.15. The lowest BCUT2D eigenvalue weighted by Gasteiger charge is -2.27. The molecule has 0 aliphatic carbocycles. The molecule has 1 N–H and O–H groups in total. The quantitative estimate of drug-likeness (QED) is 0.935. The third-order valence-electron chi connectivity index (χ3n) is 3.68. The van der Waals surface area contributed by atoms with Crippen molar-refractivity contribution in [2.24, 2.45) is 0 Å². The molecule has 5 nitrogen and oxygen atoms in total. The Morgan fingerprint density at radius 1 is 1.19 bits per heavy atom. The van der Waals surface area contributed by atoms with E-state index in [-0.39, 0.29) is 0 Å². The predicted octanol–water partition coefficient (Wildman–Crippen LogP) is 2.78. The zero-order chi connectivity index (χ0) is 14.5. The molecule has 0 atom stereocenters. The van der Waals surface area contributed by atoms with Gasteiger partial charge >= 0.3 is 0 Å². The van der Waals surface area contributed by atoms with Crippen molar-refractivity contribution in [1.82, 2.24) is 15.0 Å². The SMILES string of the molecule is Cc1cc(NCc2cccnc2)nc(N2CCCCC2)n1. The van der Waals surface area contributed by atoms with Crippen LogP contribution in [0, 0.1) is 6.92 Å². The van der Waals surface area contributed by atoms with Gasteiger partial charge < -0.3 is 10.2 Å². The third-order valence-corrected chi connectivity index (χ3v) is 3.68. The van der Waals surface area contributed by atoms with Crippen molar-refractivity contribution >= 4 is 11.8 Å². The Bertz CT molecular complexity index is 578. The molecule has 1 fully saturated rings. The van der Waals surface area contributed by atoms with Crippen LogP contribution >= 0.6 is 0 Å². The molecule has 2 aromatic rings. The van der Waals surface area contributed by atoms with Crippen LogP contribution in [-0.4, -0.2) is 28.0 Å². The van der Waals surface area contributed by atoms with Crippen LogP contribution in [0.5, 0.6) is 0 Å². The zero-order valence-corrected chi connectivity index (χ0v) is 12.4. The summed E-state index contributed by atoms with van der Waals surface area (Å²) in [6, 6.07) is 5.99. The maximum atomic E-state index is 4.66. The highest BCUT2D eigenvalue weighted by molar-refractivity contribution is 5.44. The summed E-state index contributed by atoms with van der Waals surface area (Å²) in [6.45, 7) is 4.87. The lowest BCUT2D eigenvalue weighted by atomic mass is 10.1. The summed E-state index contributed by atoms with van der Waals surface area (Å²) in [5.74, 6) is 1.73. The van der Waals surface area contributed by atoms with Gasteiger partial charge in [0, 0.05) is 43.8 Å². The van der Waals surface area contributed by atoms with Crippen LogP contribution in [0.4, 0.5) is 11.8 Å². The topological polar surface area (TPSA) is 53.9 Å². The molecule has 3 heterocycles. The molecule has 0 amide bonds. The maximum absolute atomic E-state index is 4.66.